The maximum atomic E-state index is 13.1. The molecule has 20 heavy (non-hydrogen) atoms. The molecule has 0 bridgehead atoms. The first-order valence-corrected chi connectivity index (χ1v) is 5.47. The highest BCUT2D eigenvalue weighted by Crippen LogP contribution is 2.14. The summed E-state index contributed by atoms with van der Waals surface area (Å²) in [5.41, 5.74) is -0.614. The molecule has 0 atom stereocenters. The zero-order valence-electron chi connectivity index (χ0n) is 10.0. The fourth-order valence-corrected chi connectivity index (χ4v) is 1.52. The SMILES string of the molecule is O=C(O)/C=C/c1nn(-c2cccc(F)c2)c(=O)cc1O. The van der Waals surface area contributed by atoms with E-state index in [0.717, 1.165) is 29.0 Å². The van der Waals surface area contributed by atoms with Crippen LogP contribution < -0.4 is 5.56 Å². The van der Waals surface area contributed by atoms with Crippen LogP contribution in [0.4, 0.5) is 4.39 Å². The molecule has 7 heteroatoms. The molecular weight excluding hydrogens is 267 g/mol. The Hall–Kier alpha value is -2.96. The van der Waals surface area contributed by atoms with Gasteiger partial charge in [-0.2, -0.15) is 9.78 Å². The molecule has 2 aromatic rings. The molecule has 0 unspecified atom stereocenters. The van der Waals surface area contributed by atoms with Gasteiger partial charge < -0.3 is 10.2 Å². The second-order valence-corrected chi connectivity index (χ2v) is 3.82. The van der Waals surface area contributed by atoms with Crippen LogP contribution in [0.2, 0.25) is 0 Å². The second-order valence-electron chi connectivity index (χ2n) is 3.82. The van der Waals surface area contributed by atoms with E-state index in [-0.39, 0.29) is 11.4 Å². The number of rotatable bonds is 3. The summed E-state index contributed by atoms with van der Waals surface area (Å²) in [7, 11) is 0. The van der Waals surface area contributed by atoms with Crippen LogP contribution in [-0.2, 0) is 4.79 Å². The Morgan fingerprint density at radius 1 is 1.35 bits per heavy atom. The highest BCUT2D eigenvalue weighted by Gasteiger charge is 2.08. The van der Waals surface area contributed by atoms with Gasteiger partial charge in [0, 0.05) is 12.1 Å². The fraction of sp³-hybridized carbons (Fsp3) is 0. The van der Waals surface area contributed by atoms with Crippen molar-refractivity contribution < 1.29 is 19.4 Å². The molecular formula is C13H9FN2O4. The van der Waals surface area contributed by atoms with E-state index in [4.69, 9.17) is 5.11 Å². The first kappa shape index (κ1) is 13.5. The summed E-state index contributed by atoms with van der Waals surface area (Å²) in [6.45, 7) is 0. The van der Waals surface area contributed by atoms with Gasteiger partial charge in [-0.25, -0.2) is 9.18 Å². The minimum atomic E-state index is -1.23. The van der Waals surface area contributed by atoms with Crippen molar-refractivity contribution in [2.75, 3.05) is 0 Å². The average molecular weight is 276 g/mol. The number of aromatic hydroxyl groups is 1. The van der Waals surface area contributed by atoms with Gasteiger partial charge in [0.15, 0.2) is 0 Å². The van der Waals surface area contributed by atoms with Crippen LogP contribution >= 0.6 is 0 Å². The van der Waals surface area contributed by atoms with Crippen molar-refractivity contribution in [1.29, 1.82) is 0 Å². The summed E-state index contributed by atoms with van der Waals surface area (Å²) in [4.78, 5) is 22.2. The molecule has 0 aliphatic carbocycles. The lowest BCUT2D eigenvalue weighted by Crippen LogP contribution is -2.21. The quantitative estimate of drug-likeness (QED) is 0.821. The van der Waals surface area contributed by atoms with Gasteiger partial charge in [-0.3, -0.25) is 4.79 Å². The van der Waals surface area contributed by atoms with E-state index in [2.05, 4.69) is 5.10 Å². The number of halogens is 1. The van der Waals surface area contributed by atoms with Crippen LogP contribution in [0.15, 0.2) is 41.2 Å². The lowest BCUT2D eigenvalue weighted by Gasteiger charge is -2.06. The Balaban J connectivity index is 2.57. The van der Waals surface area contributed by atoms with Crippen molar-refractivity contribution in [3.05, 3.63) is 58.3 Å². The molecule has 1 heterocycles. The highest BCUT2D eigenvalue weighted by atomic mass is 19.1. The molecule has 0 fully saturated rings. The predicted octanol–water partition coefficient (Wildman–Crippen LogP) is 1.17. The van der Waals surface area contributed by atoms with E-state index in [0.29, 0.717) is 0 Å². The van der Waals surface area contributed by atoms with Crippen molar-refractivity contribution in [2.24, 2.45) is 0 Å². The van der Waals surface area contributed by atoms with Crippen LogP contribution in [0.1, 0.15) is 5.69 Å². The number of carbonyl (C=O) groups is 1. The van der Waals surface area contributed by atoms with Crippen molar-refractivity contribution in [2.45, 2.75) is 0 Å². The first-order chi connectivity index (χ1) is 9.47. The molecule has 1 aromatic carbocycles. The lowest BCUT2D eigenvalue weighted by molar-refractivity contribution is -0.131. The van der Waals surface area contributed by atoms with E-state index in [1.165, 1.54) is 18.2 Å². The smallest absolute Gasteiger partial charge is 0.328 e. The summed E-state index contributed by atoms with van der Waals surface area (Å²) in [5.74, 6) is -2.23. The van der Waals surface area contributed by atoms with Gasteiger partial charge in [-0.1, -0.05) is 6.07 Å². The zero-order valence-corrected chi connectivity index (χ0v) is 10.0. The minimum absolute atomic E-state index is 0.115. The summed E-state index contributed by atoms with van der Waals surface area (Å²) < 4.78 is 14.0. The number of aromatic nitrogens is 2. The molecule has 2 rings (SSSR count). The van der Waals surface area contributed by atoms with Gasteiger partial charge in [-0.05, 0) is 24.3 Å². The number of hydrogen-bond donors (Lipinski definition) is 2. The molecule has 0 radical (unpaired) electrons. The third kappa shape index (κ3) is 2.89. The van der Waals surface area contributed by atoms with E-state index in [1.54, 1.807) is 0 Å². The predicted molar refractivity (Wildman–Crippen MR) is 68.1 cm³/mol. The van der Waals surface area contributed by atoms with E-state index >= 15 is 0 Å². The van der Waals surface area contributed by atoms with Gasteiger partial charge in [-0.15, -0.1) is 0 Å². The summed E-state index contributed by atoms with van der Waals surface area (Å²) in [5, 5.41) is 21.9. The van der Waals surface area contributed by atoms with Crippen LogP contribution in [0, 0.1) is 5.82 Å². The summed E-state index contributed by atoms with van der Waals surface area (Å²) in [6, 6.07) is 6.04. The standard InChI is InChI=1S/C13H9FN2O4/c14-8-2-1-3-9(6-8)16-12(18)7-11(17)10(15-16)4-5-13(19)20/h1-7,17H,(H,19,20)/b5-4+. The molecule has 0 spiro atoms. The number of aliphatic carboxylic acids is 1. The van der Waals surface area contributed by atoms with E-state index in [9.17, 15) is 19.1 Å². The molecule has 0 aliphatic rings. The Labute approximate surface area is 112 Å². The van der Waals surface area contributed by atoms with Crippen LogP contribution in [-0.4, -0.2) is 26.0 Å². The number of carboxylic acid groups (broad SMARTS) is 1. The Morgan fingerprint density at radius 3 is 2.75 bits per heavy atom. The Bertz CT molecular complexity index is 752. The molecule has 0 saturated heterocycles. The third-order valence-electron chi connectivity index (χ3n) is 2.38. The van der Waals surface area contributed by atoms with Crippen LogP contribution in [0.3, 0.4) is 0 Å². The second kappa shape index (κ2) is 5.35. The minimum Gasteiger partial charge on any atom is -0.505 e. The number of hydrogen-bond acceptors (Lipinski definition) is 4. The summed E-state index contributed by atoms with van der Waals surface area (Å²) >= 11 is 0. The van der Waals surface area contributed by atoms with Crippen molar-refractivity contribution >= 4 is 12.0 Å². The average Bonchev–Trinajstić information content (AvgIpc) is 2.37. The molecule has 0 aliphatic heterocycles. The van der Waals surface area contributed by atoms with Crippen molar-refractivity contribution in [1.82, 2.24) is 9.78 Å². The molecule has 0 amide bonds. The number of nitrogens with zero attached hydrogens (tertiary/aromatic N) is 2. The molecule has 0 saturated carbocycles. The first-order valence-electron chi connectivity index (χ1n) is 5.47. The zero-order chi connectivity index (χ0) is 14.7. The van der Waals surface area contributed by atoms with Gasteiger partial charge in [0.1, 0.15) is 17.3 Å². The van der Waals surface area contributed by atoms with Gasteiger partial charge in [0.05, 0.1) is 5.69 Å². The van der Waals surface area contributed by atoms with Gasteiger partial charge in [0.2, 0.25) is 0 Å². The monoisotopic (exact) mass is 276 g/mol. The molecule has 6 nitrogen and oxygen atoms in total. The highest BCUT2D eigenvalue weighted by molar-refractivity contribution is 5.85. The maximum Gasteiger partial charge on any atom is 0.328 e. The molecule has 2 N–H and O–H groups in total. The van der Waals surface area contributed by atoms with Crippen LogP contribution in [0.5, 0.6) is 5.75 Å². The normalized spacial score (nSPS) is 10.8. The third-order valence-corrected chi connectivity index (χ3v) is 2.38. The van der Waals surface area contributed by atoms with Gasteiger partial charge in [0.25, 0.3) is 5.56 Å². The largest absolute Gasteiger partial charge is 0.505 e. The lowest BCUT2D eigenvalue weighted by atomic mass is 10.3. The summed E-state index contributed by atoms with van der Waals surface area (Å²) in [6.07, 6.45) is 1.80. The van der Waals surface area contributed by atoms with Crippen LogP contribution in [0.25, 0.3) is 11.8 Å². The number of carboxylic acids is 1. The molecule has 1 aromatic heterocycles. The molecule has 102 valence electrons. The van der Waals surface area contributed by atoms with Crippen molar-refractivity contribution in [3.63, 3.8) is 0 Å². The van der Waals surface area contributed by atoms with E-state index < -0.39 is 23.1 Å². The topological polar surface area (TPSA) is 92.4 Å². The fourth-order valence-electron chi connectivity index (χ4n) is 1.52. The number of benzene rings is 1. The Morgan fingerprint density at radius 2 is 2.10 bits per heavy atom. The maximum absolute atomic E-state index is 13.1. The van der Waals surface area contributed by atoms with E-state index in [1.807, 2.05) is 0 Å². The van der Waals surface area contributed by atoms with Gasteiger partial charge >= 0.3 is 5.97 Å². The Kier molecular flexibility index (Phi) is 3.60. The van der Waals surface area contributed by atoms with Crippen molar-refractivity contribution in [3.8, 4) is 11.4 Å².